The highest BCUT2D eigenvalue weighted by Gasteiger charge is 2.04. The Labute approximate surface area is 142 Å². The van der Waals surface area contributed by atoms with Crippen LogP contribution in [0.5, 0.6) is 11.5 Å². The number of nitrogens with zero attached hydrogens (tertiary/aromatic N) is 3. The summed E-state index contributed by atoms with van der Waals surface area (Å²) in [6, 6.07) is 7.28. The van der Waals surface area contributed by atoms with Crippen LogP contribution in [0.4, 0.5) is 0 Å². The molecule has 7 heteroatoms. The van der Waals surface area contributed by atoms with Crippen LogP contribution < -0.4 is 15.4 Å². The van der Waals surface area contributed by atoms with E-state index in [0.29, 0.717) is 25.3 Å². The van der Waals surface area contributed by atoms with Gasteiger partial charge in [-0.3, -0.25) is 4.68 Å². The number of benzene rings is 1. The van der Waals surface area contributed by atoms with E-state index in [1.165, 1.54) is 0 Å². The van der Waals surface area contributed by atoms with Crippen molar-refractivity contribution < 1.29 is 9.84 Å². The number of guanidine groups is 1. The molecular formula is C17H25N5O2. The summed E-state index contributed by atoms with van der Waals surface area (Å²) in [7, 11) is 3.48. The van der Waals surface area contributed by atoms with Crippen molar-refractivity contribution in [3.05, 3.63) is 41.7 Å². The predicted molar refractivity (Wildman–Crippen MR) is 94.4 cm³/mol. The smallest absolute Gasteiger partial charge is 0.191 e. The highest BCUT2D eigenvalue weighted by Crippen LogP contribution is 2.23. The van der Waals surface area contributed by atoms with Crippen molar-refractivity contribution in [3.63, 3.8) is 0 Å². The number of aromatic hydroxyl groups is 1. The van der Waals surface area contributed by atoms with Crippen molar-refractivity contribution in [1.29, 1.82) is 0 Å². The number of methoxy groups -OCH3 is 1. The van der Waals surface area contributed by atoms with Crippen molar-refractivity contribution in [2.24, 2.45) is 12.0 Å². The van der Waals surface area contributed by atoms with Crippen LogP contribution in [0.15, 0.2) is 35.5 Å². The highest BCUT2D eigenvalue weighted by molar-refractivity contribution is 5.79. The number of ether oxygens (including phenoxy) is 1. The van der Waals surface area contributed by atoms with Crippen molar-refractivity contribution in [1.82, 2.24) is 20.4 Å². The van der Waals surface area contributed by atoms with Crippen molar-refractivity contribution in [2.75, 3.05) is 20.2 Å². The lowest BCUT2D eigenvalue weighted by molar-refractivity contribution is 0.406. The summed E-state index contributed by atoms with van der Waals surface area (Å²) in [5.41, 5.74) is 1.91. The molecule has 0 atom stereocenters. The standard InChI is InChI=1S/C17H25N5O2/c1-4-18-17(20-12-14-8-10-21-22(14)2)19-9-7-13-5-6-15(24-3)11-16(13)23/h5-6,8,10-11,23H,4,7,9,12H2,1-3H3,(H2,18,19,20). The molecular weight excluding hydrogens is 306 g/mol. The molecule has 1 heterocycles. The summed E-state index contributed by atoms with van der Waals surface area (Å²) < 4.78 is 6.90. The molecule has 0 aliphatic rings. The number of hydrogen-bond donors (Lipinski definition) is 3. The zero-order chi connectivity index (χ0) is 17.4. The third-order valence-corrected chi connectivity index (χ3v) is 3.65. The fourth-order valence-electron chi connectivity index (χ4n) is 2.26. The number of nitrogens with one attached hydrogen (secondary N) is 2. The van der Waals surface area contributed by atoms with Gasteiger partial charge in [0.2, 0.25) is 0 Å². The molecule has 7 nitrogen and oxygen atoms in total. The second-order valence-electron chi connectivity index (χ2n) is 5.31. The maximum absolute atomic E-state index is 9.99. The largest absolute Gasteiger partial charge is 0.508 e. The summed E-state index contributed by atoms with van der Waals surface area (Å²) in [6.07, 6.45) is 2.45. The summed E-state index contributed by atoms with van der Waals surface area (Å²) in [6.45, 7) is 4.03. The molecule has 0 radical (unpaired) electrons. The first-order valence-corrected chi connectivity index (χ1v) is 7.99. The molecule has 24 heavy (non-hydrogen) atoms. The molecule has 0 spiro atoms. The lowest BCUT2D eigenvalue weighted by Gasteiger charge is -2.12. The molecule has 0 aliphatic carbocycles. The molecule has 0 saturated carbocycles. The molecule has 2 aromatic rings. The minimum absolute atomic E-state index is 0.243. The van der Waals surface area contributed by atoms with Gasteiger partial charge in [-0.05, 0) is 31.0 Å². The Morgan fingerprint density at radius 3 is 2.79 bits per heavy atom. The molecule has 0 saturated heterocycles. The van der Waals surface area contributed by atoms with Crippen LogP contribution in [0.25, 0.3) is 0 Å². The lowest BCUT2D eigenvalue weighted by Crippen LogP contribution is -2.38. The Morgan fingerprint density at radius 1 is 1.33 bits per heavy atom. The molecule has 0 amide bonds. The number of hydrogen-bond acceptors (Lipinski definition) is 4. The van der Waals surface area contributed by atoms with E-state index in [2.05, 4.69) is 20.7 Å². The van der Waals surface area contributed by atoms with Crippen LogP contribution in [0.1, 0.15) is 18.2 Å². The molecule has 1 aromatic heterocycles. The first-order chi connectivity index (χ1) is 11.6. The first kappa shape index (κ1) is 17.7. The second-order valence-corrected chi connectivity index (χ2v) is 5.31. The fraction of sp³-hybridized carbons (Fsp3) is 0.412. The third kappa shape index (κ3) is 4.91. The molecule has 0 aliphatic heterocycles. The molecule has 1 aromatic carbocycles. The quantitative estimate of drug-likeness (QED) is 0.528. The van der Waals surface area contributed by atoms with Gasteiger partial charge >= 0.3 is 0 Å². The van der Waals surface area contributed by atoms with Crippen LogP contribution in [-0.2, 0) is 20.0 Å². The number of rotatable bonds is 7. The van der Waals surface area contributed by atoms with Crippen LogP contribution in [0, 0.1) is 0 Å². The van der Waals surface area contributed by atoms with E-state index >= 15 is 0 Å². The Balaban J connectivity index is 1.90. The van der Waals surface area contributed by atoms with E-state index in [0.717, 1.165) is 23.8 Å². The maximum Gasteiger partial charge on any atom is 0.191 e. The van der Waals surface area contributed by atoms with E-state index in [4.69, 9.17) is 4.74 Å². The van der Waals surface area contributed by atoms with E-state index in [9.17, 15) is 5.11 Å². The van der Waals surface area contributed by atoms with Crippen LogP contribution in [-0.4, -0.2) is 41.0 Å². The van der Waals surface area contributed by atoms with Gasteiger partial charge in [-0.1, -0.05) is 6.07 Å². The molecule has 130 valence electrons. The summed E-state index contributed by atoms with van der Waals surface area (Å²) in [4.78, 5) is 4.55. The number of aromatic nitrogens is 2. The van der Waals surface area contributed by atoms with Gasteiger partial charge in [0.1, 0.15) is 11.5 Å². The van der Waals surface area contributed by atoms with E-state index in [1.54, 1.807) is 19.4 Å². The summed E-state index contributed by atoms with van der Waals surface area (Å²) in [5, 5.41) is 20.6. The van der Waals surface area contributed by atoms with Crippen molar-refractivity contribution in [2.45, 2.75) is 19.9 Å². The molecule has 2 rings (SSSR count). The highest BCUT2D eigenvalue weighted by atomic mass is 16.5. The number of aliphatic imine (C=N–C) groups is 1. The average molecular weight is 331 g/mol. The van der Waals surface area contributed by atoms with E-state index in [1.807, 2.05) is 36.9 Å². The maximum atomic E-state index is 9.99. The Hall–Kier alpha value is -2.70. The van der Waals surface area contributed by atoms with E-state index < -0.39 is 0 Å². The lowest BCUT2D eigenvalue weighted by atomic mass is 10.1. The minimum Gasteiger partial charge on any atom is -0.508 e. The zero-order valence-electron chi connectivity index (χ0n) is 14.4. The molecule has 0 bridgehead atoms. The fourth-order valence-corrected chi connectivity index (χ4v) is 2.26. The zero-order valence-corrected chi connectivity index (χ0v) is 14.4. The first-order valence-electron chi connectivity index (χ1n) is 7.99. The normalized spacial score (nSPS) is 11.4. The summed E-state index contributed by atoms with van der Waals surface area (Å²) >= 11 is 0. The van der Waals surface area contributed by atoms with Gasteiger partial charge in [0.25, 0.3) is 0 Å². The van der Waals surface area contributed by atoms with Gasteiger partial charge in [-0.2, -0.15) is 5.10 Å². The number of phenolic OH excluding ortho intramolecular Hbond substituents is 1. The molecule has 3 N–H and O–H groups in total. The van der Waals surface area contributed by atoms with Gasteiger partial charge in [-0.15, -0.1) is 0 Å². The van der Waals surface area contributed by atoms with Crippen LogP contribution >= 0.6 is 0 Å². The topological polar surface area (TPSA) is 83.7 Å². The summed E-state index contributed by atoms with van der Waals surface area (Å²) in [5.74, 6) is 1.63. The number of aryl methyl sites for hydroxylation is 1. The number of phenols is 1. The van der Waals surface area contributed by atoms with Gasteiger partial charge in [0.15, 0.2) is 5.96 Å². The monoisotopic (exact) mass is 331 g/mol. The Kier molecular flexibility index (Phi) is 6.48. The van der Waals surface area contributed by atoms with Crippen molar-refractivity contribution >= 4 is 5.96 Å². The molecule has 0 unspecified atom stereocenters. The molecule has 0 fully saturated rings. The SMILES string of the molecule is CCNC(=NCc1ccnn1C)NCCc1ccc(OC)cc1O. The van der Waals surface area contributed by atoms with E-state index in [-0.39, 0.29) is 5.75 Å². The minimum atomic E-state index is 0.243. The van der Waals surface area contributed by atoms with Crippen molar-refractivity contribution in [3.8, 4) is 11.5 Å². The van der Waals surface area contributed by atoms with Gasteiger partial charge < -0.3 is 20.5 Å². The second kappa shape index (κ2) is 8.81. The Morgan fingerprint density at radius 2 is 2.17 bits per heavy atom. The average Bonchev–Trinajstić information content (AvgIpc) is 2.99. The van der Waals surface area contributed by atoms with Gasteiger partial charge in [0, 0.05) is 32.4 Å². The third-order valence-electron chi connectivity index (χ3n) is 3.65. The van der Waals surface area contributed by atoms with Gasteiger partial charge in [-0.25, -0.2) is 4.99 Å². The van der Waals surface area contributed by atoms with Gasteiger partial charge in [0.05, 0.1) is 19.3 Å². The predicted octanol–water partition coefficient (Wildman–Crippen LogP) is 1.43. The van der Waals surface area contributed by atoms with Crippen LogP contribution in [0.2, 0.25) is 0 Å². The Bertz CT molecular complexity index is 681. The van der Waals surface area contributed by atoms with Crippen LogP contribution in [0.3, 0.4) is 0 Å².